The molecule has 3 unspecified atom stereocenters. The van der Waals surface area contributed by atoms with Gasteiger partial charge in [0.15, 0.2) is 0 Å². The number of benzene rings is 1. The average molecular weight is 205 g/mol. The minimum Gasteiger partial charge on any atom is -0.387 e. The molecule has 1 aromatic rings. The molecule has 0 aromatic heterocycles. The van der Waals surface area contributed by atoms with E-state index in [-0.39, 0.29) is 12.1 Å². The van der Waals surface area contributed by atoms with Crippen molar-refractivity contribution in [3.63, 3.8) is 0 Å². The van der Waals surface area contributed by atoms with Crippen LogP contribution in [0.25, 0.3) is 0 Å². The van der Waals surface area contributed by atoms with E-state index in [1.807, 2.05) is 30.3 Å². The van der Waals surface area contributed by atoms with Crippen molar-refractivity contribution in [3.05, 3.63) is 35.9 Å². The van der Waals surface area contributed by atoms with Crippen LogP contribution in [0.3, 0.4) is 0 Å². The Kier molecular flexibility index (Phi) is 3.39. The lowest BCUT2D eigenvalue weighted by Crippen LogP contribution is -2.41. The Balaban J connectivity index is 2.04. The van der Waals surface area contributed by atoms with Crippen molar-refractivity contribution >= 4 is 0 Å². The number of hydrogen-bond donors (Lipinski definition) is 2. The third kappa shape index (κ3) is 2.58. The Morgan fingerprint density at radius 2 is 2.07 bits per heavy atom. The van der Waals surface area contributed by atoms with Crippen molar-refractivity contribution in [2.24, 2.45) is 5.92 Å². The summed E-state index contributed by atoms with van der Waals surface area (Å²) in [4.78, 5) is 0. The monoisotopic (exact) mass is 205 g/mol. The Labute approximate surface area is 91.3 Å². The van der Waals surface area contributed by atoms with Crippen molar-refractivity contribution in [1.29, 1.82) is 0 Å². The van der Waals surface area contributed by atoms with E-state index >= 15 is 0 Å². The molecule has 0 saturated carbocycles. The second-order valence-corrected chi connectivity index (χ2v) is 4.55. The van der Waals surface area contributed by atoms with Gasteiger partial charge in [0.2, 0.25) is 0 Å². The molecule has 1 heterocycles. The summed E-state index contributed by atoms with van der Waals surface area (Å²) in [5.41, 5.74) is 1.02. The second-order valence-electron chi connectivity index (χ2n) is 4.55. The Hall–Kier alpha value is -0.860. The zero-order valence-electron chi connectivity index (χ0n) is 9.19. The van der Waals surface area contributed by atoms with Crippen LogP contribution in [0.5, 0.6) is 0 Å². The van der Waals surface area contributed by atoms with Crippen LogP contribution in [-0.4, -0.2) is 17.7 Å². The van der Waals surface area contributed by atoms with Gasteiger partial charge in [-0.25, -0.2) is 0 Å². The minimum atomic E-state index is -0.367. The summed E-state index contributed by atoms with van der Waals surface area (Å²) in [5.74, 6) is 0.717. The van der Waals surface area contributed by atoms with Gasteiger partial charge in [0.25, 0.3) is 0 Å². The number of aliphatic hydroxyl groups is 1. The van der Waals surface area contributed by atoms with Crippen LogP contribution in [0.2, 0.25) is 0 Å². The summed E-state index contributed by atoms with van der Waals surface area (Å²) in [6, 6.07) is 10.1. The van der Waals surface area contributed by atoms with E-state index in [0.29, 0.717) is 0 Å². The molecular formula is C13H19NO. The quantitative estimate of drug-likeness (QED) is 0.775. The third-order valence-corrected chi connectivity index (χ3v) is 3.22. The fraction of sp³-hybridized carbons (Fsp3) is 0.538. The van der Waals surface area contributed by atoms with Gasteiger partial charge in [0.1, 0.15) is 0 Å². The maximum absolute atomic E-state index is 10.2. The van der Waals surface area contributed by atoms with Crippen LogP contribution in [-0.2, 0) is 0 Å². The van der Waals surface area contributed by atoms with Crippen LogP contribution in [0.15, 0.2) is 30.3 Å². The topological polar surface area (TPSA) is 32.3 Å². The minimum absolute atomic E-state index is 0.219. The lowest BCUT2D eigenvalue weighted by Gasteiger charge is -2.31. The van der Waals surface area contributed by atoms with Crippen LogP contribution in [0.1, 0.15) is 31.4 Å². The van der Waals surface area contributed by atoms with Gasteiger partial charge in [-0.1, -0.05) is 37.3 Å². The number of nitrogens with one attached hydrogen (secondary N) is 1. The molecule has 0 bridgehead atoms. The van der Waals surface area contributed by atoms with Crippen molar-refractivity contribution in [1.82, 2.24) is 5.32 Å². The molecule has 1 aromatic carbocycles. The third-order valence-electron chi connectivity index (χ3n) is 3.22. The number of piperidine rings is 1. The van der Waals surface area contributed by atoms with E-state index in [4.69, 9.17) is 0 Å². The standard InChI is InChI=1S/C13H19NO/c1-10-7-8-14-12(9-10)13(15)11-5-3-2-4-6-11/h2-6,10,12-15H,7-9H2,1H3. The molecule has 15 heavy (non-hydrogen) atoms. The second kappa shape index (κ2) is 4.77. The lowest BCUT2D eigenvalue weighted by molar-refractivity contribution is 0.101. The molecule has 2 rings (SSSR count). The first-order valence-electron chi connectivity index (χ1n) is 5.74. The fourth-order valence-corrected chi connectivity index (χ4v) is 2.27. The fourth-order valence-electron chi connectivity index (χ4n) is 2.27. The maximum Gasteiger partial charge on any atom is 0.0943 e. The van der Waals surface area contributed by atoms with E-state index < -0.39 is 0 Å². The summed E-state index contributed by atoms with van der Waals surface area (Å²) >= 11 is 0. The zero-order valence-corrected chi connectivity index (χ0v) is 9.19. The van der Waals surface area contributed by atoms with Gasteiger partial charge >= 0.3 is 0 Å². The smallest absolute Gasteiger partial charge is 0.0943 e. The first-order chi connectivity index (χ1) is 7.27. The molecule has 2 heteroatoms. The summed E-state index contributed by atoms with van der Waals surface area (Å²) in [5, 5.41) is 13.6. The highest BCUT2D eigenvalue weighted by Crippen LogP contribution is 2.25. The predicted molar refractivity (Wildman–Crippen MR) is 61.6 cm³/mol. The average Bonchev–Trinajstić information content (AvgIpc) is 2.29. The number of aliphatic hydroxyl groups excluding tert-OH is 1. The van der Waals surface area contributed by atoms with Crippen molar-refractivity contribution in [2.75, 3.05) is 6.54 Å². The molecule has 1 fully saturated rings. The highest BCUT2D eigenvalue weighted by atomic mass is 16.3. The maximum atomic E-state index is 10.2. The zero-order chi connectivity index (χ0) is 10.7. The number of rotatable bonds is 2. The molecule has 2 nitrogen and oxygen atoms in total. The van der Waals surface area contributed by atoms with E-state index in [1.165, 1.54) is 6.42 Å². The number of hydrogen-bond acceptors (Lipinski definition) is 2. The molecule has 0 amide bonds. The van der Waals surface area contributed by atoms with E-state index in [1.54, 1.807) is 0 Å². The van der Waals surface area contributed by atoms with Gasteiger partial charge in [0, 0.05) is 6.04 Å². The summed E-state index contributed by atoms with van der Waals surface area (Å²) in [7, 11) is 0. The Morgan fingerprint density at radius 1 is 1.33 bits per heavy atom. The van der Waals surface area contributed by atoms with Gasteiger partial charge in [-0.15, -0.1) is 0 Å². The van der Waals surface area contributed by atoms with Crippen molar-refractivity contribution < 1.29 is 5.11 Å². The van der Waals surface area contributed by atoms with Crippen LogP contribution in [0.4, 0.5) is 0 Å². The van der Waals surface area contributed by atoms with Crippen LogP contribution < -0.4 is 5.32 Å². The first kappa shape index (κ1) is 10.7. The van der Waals surface area contributed by atoms with Crippen molar-refractivity contribution in [3.8, 4) is 0 Å². The Bertz CT molecular complexity index is 299. The van der Waals surface area contributed by atoms with Gasteiger partial charge in [-0.3, -0.25) is 0 Å². The van der Waals surface area contributed by atoms with Gasteiger partial charge in [-0.05, 0) is 30.9 Å². The molecule has 1 aliphatic rings. The normalized spacial score (nSPS) is 28.7. The summed E-state index contributed by atoms with van der Waals surface area (Å²) < 4.78 is 0. The van der Waals surface area contributed by atoms with E-state index in [2.05, 4.69) is 12.2 Å². The molecule has 3 atom stereocenters. The van der Waals surface area contributed by atoms with E-state index in [0.717, 1.165) is 24.4 Å². The first-order valence-corrected chi connectivity index (χ1v) is 5.74. The molecule has 82 valence electrons. The lowest BCUT2D eigenvalue weighted by atomic mass is 9.89. The largest absolute Gasteiger partial charge is 0.387 e. The molecule has 0 radical (unpaired) electrons. The molecule has 1 saturated heterocycles. The van der Waals surface area contributed by atoms with Crippen LogP contribution >= 0.6 is 0 Å². The van der Waals surface area contributed by atoms with Crippen LogP contribution in [0, 0.1) is 5.92 Å². The van der Waals surface area contributed by atoms with Gasteiger partial charge < -0.3 is 10.4 Å². The highest BCUT2D eigenvalue weighted by molar-refractivity contribution is 5.19. The molecule has 0 spiro atoms. The van der Waals surface area contributed by atoms with E-state index in [9.17, 15) is 5.11 Å². The molecule has 0 aliphatic carbocycles. The van der Waals surface area contributed by atoms with Crippen molar-refractivity contribution in [2.45, 2.75) is 31.9 Å². The molecule has 2 N–H and O–H groups in total. The van der Waals surface area contributed by atoms with Gasteiger partial charge in [-0.2, -0.15) is 0 Å². The highest BCUT2D eigenvalue weighted by Gasteiger charge is 2.25. The summed E-state index contributed by atoms with van der Waals surface area (Å²) in [6.07, 6.45) is 1.92. The molecule has 1 aliphatic heterocycles. The predicted octanol–water partition coefficient (Wildman–Crippen LogP) is 2.11. The summed E-state index contributed by atoms with van der Waals surface area (Å²) in [6.45, 7) is 3.28. The van der Waals surface area contributed by atoms with Gasteiger partial charge in [0.05, 0.1) is 6.10 Å². The SMILES string of the molecule is CC1CCNC(C(O)c2ccccc2)C1. The molecular weight excluding hydrogens is 186 g/mol. The Morgan fingerprint density at radius 3 is 2.73 bits per heavy atom.